The van der Waals surface area contributed by atoms with Gasteiger partial charge in [0.2, 0.25) is 0 Å². The number of β-amino-alcohol motifs (C(OH)–C–C–N with tert-alkyl or cyclic N) is 1. The molecular weight excluding hydrogens is 471 g/mol. The summed E-state index contributed by atoms with van der Waals surface area (Å²) in [4.78, 5) is 8.32. The molecule has 2 heterocycles. The first kappa shape index (κ1) is 24.0. The molecule has 0 aliphatic carbocycles. The third-order valence-corrected chi connectivity index (χ3v) is 6.57. The van der Waals surface area contributed by atoms with E-state index in [9.17, 15) is 13.9 Å². The molecule has 3 aromatic rings. The molecule has 1 fully saturated rings. The number of hydrogen-bond donors (Lipinski definition) is 1. The summed E-state index contributed by atoms with van der Waals surface area (Å²) < 4.78 is 29.5. The summed E-state index contributed by atoms with van der Waals surface area (Å²) in [5, 5.41) is 16.9. The second-order valence-corrected chi connectivity index (χ2v) is 9.20. The predicted molar refractivity (Wildman–Crippen MR) is 123 cm³/mol. The van der Waals surface area contributed by atoms with Crippen LogP contribution in [0, 0.1) is 11.6 Å². The molecule has 2 aromatic carbocycles. The molecule has 4 rings (SSSR count). The van der Waals surface area contributed by atoms with Crippen LogP contribution in [0.4, 0.5) is 8.78 Å². The van der Waals surface area contributed by atoms with Crippen LogP contribution in [0.3, 0.4) is 0 Å². The zero-order chi connectivity index (χ0) is 23.4. The average molecular weight is 496 g/mol. The van der Waals surface area contributed by atoms with Gasteiger partial charge in [0.15, 0.2) is 0 Å². The molecular formula is C23H25Cl2F2N5O. The Balaban J connectivity index is 1.39. The van der Waals surface area contributed by atoms with Crippen molar-refractivity contribution in [2.45, 2.75) is 18.6 Å². The minimum absolute atomic E-state index is 0.00479. The second kappa shape index (κ2) is 10.4. The van der Waals surface area contributed by atoms with Crippen molar-refractivity contribution in [3.05, 3.63) is 81.9 Å². The Morgan fingerprint density at radius 3 is 2.39 bits per heavy atom. The average Bonchev–Trinajstić information content (AvgIpc) is 3.26. The fraction of sp³-hybridized carbons (Fsp3) is 0.391. The second-order valence-electron chi connectivity index (χ2n) is 8.35. The van der Waals surface area contributed by atoms with Crippen LogP contribution in [-0.4, -0.2) is 68.9 Å². The van der Waals surface area contributed by atoms with E-state index in [0.29, 0.717) is 23.1 Å². The van der Waals surface area contributed by atoms with Gasteiger partial charge >= 0.3 is 0 Å². The summed E-state index contributed by atoms with van der Waals surface area (Å²) in [6, 6.07) is 8.79. The molecule has 0 spiro atoms. The van der Waals surface area contributed by atoms with E-state index in [1.807, 2.05) is 12.1 Å². The molecule has 6 nitrogen and oxygen atoms in total. The van der Waals surface area contributed by atoms with Crippen molar-refractivity contribution < 1.29 is 13.9 Å². The van der Waals surface area contributed by atoms with E-state index in [0.717, 1.165) is 43.8 Å². The van der Waals surface area contributed by atoms with Gasteiger partial charge in [-0.25, -0.2) is 18.4 Å². The molecule has 1 aliphatic heterocycles. The van der Waals surface area contributed by atoms with Crippen LogP contribution in [0.5, 0.6) is 0 Å². The van der Waals surface area contributed by atoms with Gasteiger partial charge in [0.25, 0.3) is 0 Å². The van der Waals surface area contributed by atoms with Crippen LogP contribution in [-0.2, 0) is 18.6 Å². The Kier molecular flexibility index (Phi) is 7.61. The van der Waals surface area contributed by atoms with Crippen molar-refractivity contribution in [3.63, 3.8) is 0 Å². The van der Waals surface area contributed by atoms with Crippen LogP contribution in [0.1, 0.15) is 11.1 Å². The van der Waals surface area contributed by atoms with Crippen molar-refractivity contribution in [1.82, 2.24) is 24.6 Å². The number of aromatic nitrogens is 3. The number of halogens is 4. The van der Waals surface area contributed by atoms with Gasteiger partial charge < -0.3 is 10.0 Å². The van der Waals surface area contributed by atoms with Gasteiger partial charge in [-0.15, -0.1) is 0 Å². The Morgan fingerprint density at radius 2 is 1.73 bits per heavy atom. The number of nitrogens with zero attached hydrogens (tertiary/aromatic N) is 5. The third-order valence-electron chi connectivity index (χ3n) is 5.99. The number of rotatable bonds is 8. The highest BCUT2D eigenvalue weighted by Gasteiger charge is 2.36. The molecule has 1 N–H and O–H groups in total. The van der Waals surface area contributed by atoms with Crippen molar-refractivity contribution in [2.75, 3.05) is 39.3 Å². The Labute approximate surface area is 201 Å². The molecule has 1 saturated heterocycles. The number of piperazine rings is 1. The lowest BCUT2D eigenvalue weighted by molar-refractivity contribution is -0.0317. The van der Waals surface area contributed by atoms with Gasteiger partial charge in [0.1, 0.15) is 29.9 Å². The molecule has 33 heavy (non-hydrogen) atoms. The monoisotopic (exact) mass is 495 g/mol. The fourth-order valence-corrected chi connectivity index (χ4v) is 4.72. The van der Waals surface area contributed by atoms with E-state index in [2.05, 4.69) is 19.9 Å². The van der Waals surface area contributed by atoms with E-state index < -0.39 is 17.2 Å². The van der Waals surface area contributed by atoms with Crippen LogP contribution in [0.15, 0.2) is 49.1 Å². The highest BCUT2D eigenvalue weighted by Crippen LogP contribution is 2.28. The highest BCUT2D eigenvalue weighted by molar-refractivity contribution is 6.35. The minimum atomic E-state index is -1.59. The zero-order valence-electron chi connectivity index (χ0n) is 18.0. The minimum Gasteiger partial charge on any atom is -0.382 e. The van der Waals surface area contributed by atoms with E-state index in [1.54, 1.807) is 6.07 Å². The first-order valence-electron chi connectivity index (χ1n) is 10.7. The van der Waals surface area contributed by atoms with Gasteiger partial charge in [-0.05, 0) is 30.2 Å². The van der Waals surface area contributed by atoms with Gasteiger partial charge in [-0.3, -0.25) is 4.90 Å². The van der Waals surface area contributed by atoms with Crippen LogP contribution < -0.4 is 0 Å². The molecule has 0 radical (unpaired) electrons. The lowest BCUT2D eigenvalue weighted by Crippen LogP contribution is -2.52. The fourth-order valence-electron chi connectivity index (χ4n) is 4.21. The predicted octanol–water partition coefficient (Wildman–Crippen LogP) is 3.61. The smallest absolute Gasteiger partial charge is 0.137 e. The summed E-state index contributed by atoms with van der Waals surface area (Å²) >= 11 is 12.2. The van der Waals surface area contributed by atoms with Crippen molar-refractivity contribution in [3.8, 4) is 0 Å². The molecule has 1 aromatic heterocycles. The van der Waals surface area contributed by atoms with Crippen LogP contribution in [0.25, 0.3) is 0 Å². The SMILES string of the molecule is OC(CN1CCN(CCc2ccc(Cl)cc2Cl)CC1)(Cn1cncn1)c1ccc(F)cc1F. The third kappa shape index (κ3) is 6.07. The van der Waals surface area contributed by atoms with E-state index >= 15 is 0 Å². The number of hydrogen-bond acceptors (Lipinski definition) is 5. The van der Waals surface area contributed by atoms with Crippen LogP contribution in [0.2, 0.25) is 10.0 Å². The molecule has 1 unspecified atom stereocenters. The molecule has 176 valence electrons. The van der Waals surface area contributed by atoms with Gasteiger partial charge in [0.05, 0.1) is 6.54 Å². The topological polar surface area (TPSA) is 57.4 Å². The van der Waals surface area contributed by atoms with Crippen molar-refractivity contribution >= 4 is 23.2 Å². The first-order valence-corrected chi connectivity index (χ1v) is 11.5. The largest absolute Gasteiger partial charge is 0.382 e. The maximum absolute atomic E-state index is 14.6. The lowest BCUT2D eigenvalue weighted by Gasteiger charge is -2.39. The molecule has 0 saturated carbocycles. The number of aliphatic hydroxyl groups is 1. The maximum Gasteiger partial charge on any atom is 0.137 e. The molecule has 10 heteroatoms. The summed E-state index contributed by atoms with van der Waals surface area (Å²) in [6.07, 6.45) is 3.63. The first-order chi connectivity index (χ1) is 15.8. The summed E-state index contributed by atoms with van der Waals surface area (Å²) in [7, 11) is 0. The van der Waals surface area contributed by atoms with Crippen LogP contribution >= 0.6 is 23.2 Å². The molecule has 0 amide bonds. The van der Waals surface area contributed by atoms with Gasteiger partial charge in [-0.1, -0.05) is 35.3 Å². The van der Waals surface area contributed by atoms with Gasteiger partial charge in [0, 0.05) is 60.9 Å². The maximum atomic E-state index is 14.6. The lowest BCUT2D eigenvalue weighted by atomic mass is 9.92. The Bertz CT molecular complexity index is 1080. The highest BCUT2D eigenvalue weighted by atomic mass is 35.5. The molecule has 1 atom stereocenters. The normalized spacial score (nSPS) is 17.2. The van der Waals surface area contributed by atoms with Gasteiger partial charge in [-0.2, -0.15) is 5.10 Å². The van der Waals surface area contributed by atoms with E-state index in [1.165, 1.54) is 23.4 Å². The number of benzene rings is 2. The standard InChI is InChI=1S/C23H25Cl2F2N5O/c24-18-2-1-17(21(25)11-18)5-6-30-7-9-31(10-8-30)13-23(33,14-32-16-28-15-29-32)20-4-3-19(26)12-22(20)27/h1-4,11-12,15-16,33H,5-10,13-14H2. The van der Waals surface area contributed by atoms with Crippen molar-refractivity contribution in [2.24, 2.45) is 0 Å². The van der Waals surface area contributed by atoms with E-state index in [4.69, 9.17) is 23.2 Å². The molecule has 0 bridgehead atoms. The zero-order valence-corrected chi connectivity index (χ0v) is 19.5. The summed E-state index contributed by atoms with van der Waals surface area (Å²) in [5.74, 6) is -1.47. The summed E-state index contributed by atoms with van der Waals surface area (Å²) in [6.45, 7) is 4.06. The Hall–Kier alpha value is -2.10. The quantitative estimate of drug-likeness (QED) is 0.517. The molecule has 1 aliphatic rings. The van der Waals surface area contributed by atoms with E-state index in [-0.39, 0.29) is 18.7 Å². The summed E-state index contributed by atoms with van der Waals surface area (Å²) in [5.41, 5.74) is -0.499. The Morgan fingerprint density at radius 1 is 0.970 bits per heavy atom. The van der Waals surface area contributed by atoms with Crippen molar-refractivity contribution in [1.29, 1.82) is 0 Å².